The van der Waals surface area contributed by atoms with Gasteiger partial charge in [0, 0.05) is 38.8 Å². The normalized spacial score (nSPS) is 15.6. The Morgan fingerprint density at radius 1 is 1.15 bits per heavy atom. The summed E-state index contributed by atoms with van der Waals surface area (Å²) in [7, 11) is -1.18. The minimum Gasteiger partial charge on any atom is -0.447 e. The van der Waals surface area contributed by atoms with Gasteiger partial charge in [0.1, 0.15) is 37.3 Å². The Bertz CT molecular complexity index is 1700. The molecule has 1 aliphatic rings. The number of amides is 1. The van der Waals surface area contributed by atoms with Crippen molar-refractivity contribution in [2.75, 3.05) is 18.1 Å². The highest BCUT2D eigenvalue weighted by atomic mass is 28.3. The zero-order valence-corrected chi connectivity index (χ0v) is 23.9. The van der Waals surface area contributed by atoms with Crippen LogP contribution in [0.25, 0.3) is 28.2 Å². The summed E-state index contributed by atoms with van der Waals surface area (Å²) < 4.78 is 29.5. The molecule has 1 aliphatic heterocycles. The minimum absolute atomic E-state index is 0.185. The van der Waals surface area contributed by atoms with Crippen molar-refractivity contribution >= 4 is 25.6 Å². The third kappa shape index (κ3) is 5.58. The minimum atomic E-state index is -1.18. The molecule has 0 saturated carbocycles. The van der Waals surface area contributed by atoms with E-state index in [1.165, 1.54) is 17.3 Å². The van der Waals surface area contributed by atoms with E-state index in [4.69, 9.17) is 14.5 Å². The fourth-order valence-electron chi connectivity index (χ4n) is 4.57. The zero-order valence-electron chi connectivity index (χ0n) is 22.9. The Kier molecular flexibility index (Phi) is 7.05. The van der Waals surface area contributed by atoms with Crippen LogP contribution in [-0.4, -0.2) is 61.7 Å². The van der Waals surface area contributed by atoms with E-state index in [1.807, 2.05) is 12.1 Å². The van der Waals surface area contributed by atoms with Crippen molar-refractivity contribution in [3.8, 4) is 22.5 Å². The van der Waals surface area contributed by atoms with Crippen LogP contribution in [0.15, 0.2) is 67.5 Å². The first-order valence-electron chi connectivity index (χ1n) is 13.2. The molecule has 11 nitrogen and oxygen atoms in total. The average molecular weight is 573 g/mol. The summed E-state index contributed by atoms with van der Waals surface area (Å²) in [5.74, 6) is 0.196. The fraction of sp³-hybridized carbons (Fsp3) is 0.286. The summed E-state index contributed by atoms with van der Waals surface area (Å²) in [6.45, 7) is 7.99. The number of rotatable bonds is 9. The van der Waals surface area contributed by atoms with Crippen LogP contribution < -0.4 is 4.90 Å². The molecule has 210 valence electrons. The Morgan fingerprint density at radius 3 is 2.80 bits per heavy atom. The number of carbonyl (C=O) groups excluding carboxylic acids is 1. The molecule has 0 spiro atoms. The number of aromatic nitrogens is 7. The smallest absolute Gasteiger partial charge is 0.416 e. The Labute approximate surface area is 236 Å². The number of anilines is 1. The third-order valence-electron chi connectivity index (χ3n) is 6.82. The van der Waals surface area contributed by atoms with Crippen molar-refractivity contribution in [3.05, 3.63) is 78.9 Å². The molecule has 5 aromatic rings. The molecule has 0 aliphatic carbocycles. The lowest BCUT2D eigenvalue weighted by Gasteiger charge is -2.20. The van der Waals surface area contributed by atoms with Gasteiger partial charge in [-0.15, -0.1) is 5.10 Å². The summed E-state index contributed by atoms with van der Waals surface area (Å²) in [6.07, 6.45) is 7.74. The van der Waals surface area contributed by atoms with Crippen molar-refractivity contribution in [3.63, 3.8) is 0 Å². The number of nitrogens with zero attached hydrogens (tertiary/aromatic N) is 8. The molecular formula is C28H29FN8O3Si. The van der Waals surface area contributed by atoms with Gasteiger partial charge in [-0.05, 0) is 41.4 Å². The van der Waals surface area contributed by atoms with E-state index < -0.39 is 20.0 Å². The van der Waals surface area contributed by atoms with Gasteiger partial charge >= 0.3 is 6.09 Å². The summed E-state index contributed by atoms with van der Waals surface area (Å²) in [5.41, 5.74) is 2.77. The third-order valence-corrected chi connectivity index (χ3v) is 8.53. The van der Waals surface area contributed by atoms with E-state index in [2.05, 4.69) is 39.8 Å². The van der Waals surface area contributed by atoms with Crippen molar-refractivity contribution in [1.82, 2.24) is 34.3 Å². The first-order chi connectivity index (χ1) is 19.8. The van der Waals surface area contributed by atoms with Gasteiger partial charge in [-0.2, -0.15) is 5.10 Å². The number of halogens is 1. The molecule has 13 heteroatoms. The summed E-state index contributed by atoms with van der Waals surface area (Å²) in [5, 5.41) is 8.75. The van der Waals surface area contributed by atoms with Gasteiger partial charge in [-0.1, -0.05) is 31.8 Å². The Hall–Kier alpha value is -4.49. The first-order valence-corrected chi connectivity index (χ1v) is 17.0. The molecule has 4 aromatic heterocycles. The Morgan fingerprint density at radius 2 is 2.02 bits per heavy atom. The van der Waals surface area contributed by atoms with Gasteiger partial charge in [0.15, 0.2) is 11.5 Å². The van der Waals surface area contributed by atoms with Crippen molar-refractivity contribution in [1.29, 1.82) is 0 Å². The monoisotopic (exact) mass is 572 g/mol. The van der Waals surface area contributed by atoms with Crippen molar-refractivity contribution < 1.29 is 18.7 Å². The van der Waals surface area contributed by atoms with Gasteiger partial charge in [-0.25, -0.2) is 28.4 Å². The van der Waals surface area contributed by atoms with Crippen LogP contribution in [0.5, 0.6) is 0 Å². The first kappa shape index (κ1) is 26.7. The fourth-order valence-corrected chi connectivity index (χ4v) is 5.33. The maximum atomic E-state index is 15.4. The summed E-state index contributed by atoms with van der Waals surface area (Å²) >= 11 is 0. The molecule has 1 fully saturated rings. The van der Waals surface area contributed by atoms with Crippen LogP contribution in [0.4, 0.5) is 15.0 Å². The largest absolute Gasteiger partial charge is 0.447 e. The molecular weight excluding hydrogens is 543 g/mol. The second-order valence-corrected chi connectivity index (χ2v) is 16.6. The van der Waals surface area contributed by atoms with E-state index in [1.54, 1.807) is 52.2 Å². The van der Waals surface area contributed by atoms with Crippen LogP contribution in [0.2, 0.25) is 25.7 Å². The number of hydrogen-bond donors (Lipinski definition) is 0. The average Bonchev–Trinajstić information content (AvgIpc) is 3.69. The van der Waals surface area contributed by atoms with E-state index in [0.29, 0.717) is 29.2 Å². The number of benzene rings is 1. The number of carbonyl (C=O) groups is 1. The lowest BCUT2D eigenvalue weighted by Crippen LogP contribution is -2.28. The highest BCUT2D eigenvalue weighted by Crippen LogP contribution is 2.34. The molecule has 1 amide bonds. The molecule has 0 unspecified atom stereocenters. The maximum absolute atomic E-state index is 15.4. The molecule has 6 rings (SSSR count). The lowest BCUT2D eigenvalue weighted by atomic mass is 10.1. The summed E-state index contributed by atoms with van der Waals surface area (Å²) in [4.78, 5) is 27.3. The van der Waals surface area contributed by atoms with Gasteiger partial charge in [0.05, 0.1) is 11.8 Å². The summed E-state index contributed by atoms with van der Waals surface area (Å²) in [6, 6.07) is 10.9. The van der Waals surface area contributed by atoms with E-state index in [9.17, 15) is 4.79 Å². The molecule has 0 bridgehead atoms. The second-order valence-electron chi connectivity index (χ2n) is 11.0. The standard InChI is InChI=1S/C28H29FN8O3Si/c1-41(2,3)12-11-39-18-35-17-31-26(34-35)21-7-6-19(13-23(21)29)22-15-32-36-10-8-25(33-27(22)36)37-24(16-40-28(37)38)20-5-4-9-30-14-20/h4-10,13-15,17,24H,11-12,16,18H2,1-3H3/t24-/m1/s1. The van der Waals surface area contributed by atoms with Crippen LogP contribution in [0.1, 0.15) is 11.6 Å². The number of cyclic esters (lactones) is 1. The van der Waals surface area contributed by atoms with E-state index >= 15 is 4.39 Å². The van der Waals surface area contributed by atoms with Gasteiger partial charge in [0.2, 0.25) is 0 Å². The predicted octanol–water partition coefficient (Wildman–Crippen LogP) is 5.20. The van der Waals surface area contributed by atoms with Crippen LogP contribution in [0, 0.1) is 5.82 Å². The molecule has 1 aromatic carbocycles. The van der Waals surface area contributed by atoms with Crippen molar-refractivity contribution in [2.45, 2.75) is 38.5 Å². The SMILES string of the molecule is C[Si](C)(C)CCOCn1cnc(-c2ccc(-c3cnn4ccc(N5C(=O)OC[C@@H]5c5cccnc5)nc34)cc2F)n1. The predicted molar refractivity (Wildman–Crippen MR) is 152 cm³/mol. The number of pyridine rings is 1. The van der Waals surface area contributed by atoms with Crippen molar-refractivity contribution in [2.24, 2.45) is 0 Å². The molecule has 1 saturated heterocycles. The van der Waals surface area contributed by atoms with Gasteiger partial charge in [0.25, 0.3) is 0 Å². The maximum Gasteiger partial charge on any atom is 0.416 e. The zero-order chi connectivity index (χ0) is 28.6. The molecule has 0 radical (unpaired) electrons. The highest BCUT2D eigenvalue weighted by molar-refractivity contribution is 6.76. The highest BCUT2D eigenvalue weighted by Gasteiger charge is 2.36. The molecule has 1 atom stereocenters. The van der Waals surface area contributed by atoms with Crippen LogP contribution in [0.3, 0.4) is 0 Å². The van der Waals surface area contributed by atoms with E-state index in [-0.39, 0.29) is 30.8 Å². The molecule has 5 heterocycles. The second kappa shape index (κ2) is 10.8. The Balaban J connectivity index is 1.24. The number of hydrogen-bond acceptors (Lipinski definition) is 8. The molecule has 41 heavy (non-hydrogen) atoms. The van der Waals surface area contributed by atoms with Gasteiger partial charge in [-0.3, -0.25) is 9.88 Å². The van der Waals surface area contributed by atoms with E-state index in [0.717, 1.165) is 11.6 Å². The van der Waals surface area contributed by atoms with Crippen LogP contribution in [-0.2, 0) is 16.2 Å². The van der Waals surface area contributed by atoms with Crippen LogP contribution >= 0.6 is 0 Å². The number of ether oxygens (including phenoxy) is 2. The van der Waals surface area contributed by atoms with Gasteiger partial charge < -0.3 is 9.47 Å². The number of fused-ring (bicyclic) bond motifs is 1. The lowest BCUT2D eigenvalue weighted by molar-refractivity contribution is 0.0784. The topological polar surface area (TPSA) is 113 Å². The molecule has 0 N–H and O–H groups in total. The quantitative estimate of drug-likeness (QED) is 0.175.